The van der Waals surface area contributed by atoms with Crippen molar-refractivity contribution in [2.24, 2.45) is 5.92 Å². The van der Waals surface area contributed by atoms with Gasteiger partial charge in [-0.2, -0.15) is 0 Å². The van der Waals surface area contributed by atoms with Crippen molar-refractivity contribution in [2.75, 3.05) is 14.2 Å². The molecular weight excluding hydrogens is 348 g/mol. The predicted molar refractivity (Wildman–Crippen MR) is 103 cm³/mol. The van der Waals surface area contributed by atoms with E-state index in [1.54, 1.807) is 0 Å². The van der Waals surface area contributed by atoms with Gasteiger partial charge in [-0.3, -0.25) is 9.59 Å². The Hall–Kier alpha value is -2.53. The summed E-state index contributed by atoms with van der Waals surface area (Å²) in [6, 6.07) is 19.5. The minimum atomic E-state index is -0.669. The molecule has 1 aliphatic heterocycles. The molecule has 4 nitrogen and oxygen atoms in total. The molecule has 0 spiro atoms. The van der Waals surface area contributed by atoms with Crippen LogP contribution in [0, 0.1) is 5.92 Å². The van der Waals surface area contributed by atoms with Crippen LogP contribution < -0.4 is 0 Å². The molecule has 3 unspecified atom stereocenters. The van der Waals surface area contributed by atoms with Crippen LogP contribution in [0.25, 0.3) is 4.91 Å². The van der Waals surface area contributed by atoms with Crippen LogP contribution in [0.15, 0.2) is 66.7 Å². The summed E-state index contributed by atoms with van der Waals surface area (Å²) in [5, 5.41) is -0.669. The second kappa shape index (κ2) is 8.23. The number of carbonyl (C=O) groups excluding carboxylic acids is 2. The lowest BCUT2D eigenvalue weighted by molar-refractivity contribution is -0.151. The van der Waals surface area contributed by atoms with Gasteiger partial charge in [0, 0.05) is 10.8 Å². The third-order valence-electron chi connectivity index (χ3n) is 4.45. The van der Waals surface area contributed by atoms with Crippen LogP contribution >= 0.6 is 11.8 Å². The van der Waals surface area contributed by atoms with Crippen LogP contribution in [0.4, 0.5) is 0 Å². The first kappa shape index (κ1) is 18.3. The third kappa shape index (κ3) is 3.68. The van der Waals surface area contributed by atoms with Gasteiger partial charge in [0.2, 0.25) is 0 Å². The first-order valence-electron chi connectivity index (χ1n) is 8.30. The Morgan fingerprint density at radius 1 is 0.846 bits per heavy atom. The van der Waals surface area contributed by atoms with Gasteiger partial charge in [0.05, 0.1) is 20.1 Å². The molecule has 134 valence electrons. The summed E-state index contributed by atoms with van der Waals surface area (Å²) in [5.74, 6) is -1.76. The zero-order chi connectivity index (χ0) is 18.5. The molecule has 1 heterocycles. The number of ether oxygens (including phenoxy) is 2. The second-order valence-electron chi connectivity index (χ2n) is 5.94. The Bertz CT molecular complexity index is 801. The molecule has 0 aliphatic carbocycles. The lowest BCUT2D eigenvalue weighted by atomic mass is 9.82. The van der Waals surface area contributed by atoms with E-state index in [4.69, 9.17) is 9.47 Å². The molecule has 0 N–H and O–H groups in total. The first-order valence-corrected chi connectivity index (χ1v) is 9.18. The highest BCUT2D eigenvalue weighted by Gasteiger charge is 2.45. The van der Waals surface area contributed by atoms with Crippen molar-refractivity contribution < 1.29 is 19.1 Å². The third-order valence-corrected chi connectivity index (χ3v) is 5.81. The van der Waals surface area contributed by atoms with Crippen LogP contribution in [0.5, 0.6) is 0 Å². The first-order chi connectivity index (χ1) is 12.7. The van der Waals surface area contributed by atoms with Gasteiger partial charge >= 0.3 is 11.9 Å². The number of benzene rings is 2. The fourth-order valence-electron chi connectivity index (χ4n) is 3.17. The summed E-state index contributed by atoms with van der Waals surface area (Å²) < 4.78 is 10.0. The molecule has 1 aliphatic rings. The average Bonchev–Trinajstić information content (AvgIpc) is 2.72. The van der Waals surface area contributed by atoms with Crippen LogP contribution in [0.3, 0.4) is 0 Å². The number of esters is 2. The fraction of sp³-hybridized carbons (Fsp3) is 0.238. The number of allylic oxidation sites excluding steroid dienone is 1. The van der Waals surface area contributed by atoms with E-state index < -0.39 is 23.1 Å². The van der Waals surface area contributed by atoms with E-state index in [-0.39, 0.29) is 5.92 Å². The Labute approximate surface area is 157 Å². The van der Waals surface area contributed by atoms with E-state index in [0.717, 1.165) is 16.0 Å². The lowest BCUT2D eigenvalue weighted by Crippen LogP contribution is -2.39. The molecule has 0 saturated carbocycles. The van der Waals surface area contributed by atoms with Crippen LogP contribution in [0.1, 0.15) is 17.0 Å². The number of hydrogen-bond donors (Lipinski definition) is 0. The topological polar surface area (TPSA) is 52.6 Å². The largest absolute Gasteiger partial charge is 0.469 e. The molecular formula is C21H20O4S. The van der Waals surface area contributed by atoms with Gasteiger partial charge in [0.1, 0.15) is 5.25 Å². The standard InChI is InChI=1S/C21H20O4S/c1-24-20(22)18-16(14-9-5-3-6-10-14)13-17(15-11-7-4-8-12-15)26-19(18)21(23)25-2/h3-13,16,18-19H,1-2H3. The zero-order valence-electron chi connectivity index (χ0n) is 14.6. The molecule has 0 saturated heterocycles. The molecule has 0 amide bonds. The maximum absolute atomic E-state index is 12.6. The minimum absolute atomic E-state index is 0.274. The van der Waals surface area contributed by atoms with Gasteiger partial charge in [-0.15, -0.1) is 11.8 Å². The average molecular weight is 368 g/mol. The Balaban J connectivity index is 2.13. The molecule has 2 aromatic rings. The summed E-state index contributed by atoms with van der Waals surface area (Å²) >= 11 is 1.35. The minimum Gasteiger partial charge on any atom is -0.469 e. The van der Waals surface area contributed by atoms with Crippen molar-refractivity contribution in [2.45, 2.75) is 11.2 Å². The number of hydrogen-bond acceptors (Lipinski definition) is 5. The number of carbonyl (C=O) groups is 2. The summed E-state index contributed by atoms with van der Waals surface area (Å²) in [6.07, 6.45) is 2.05. The number of rotatable bonds is 4. The quantitative estimate of drug-likeness (QED) is 0.767. The molecule has 3 rings (SSSR count). The van der Waals surface area contributed by atoms with Gasteiger partial charge < -0.3 is 9.47 Å². The van der Waals surface area contributed by atoms with Crippen LogP contribution in [-0.2, 0) is 19.1 Å². The Morgan fingerprint density at radius 3 is 2.00 bits per heavy atom. The smallest absolute Gasteiger partial charge is 0.320 e. The molecule has 3 atom stereocenters. The molecule has 0 aromatic heterocycles. The van der Waals surface area contributed by atoms with E-state index in [2.05, 4.69) is 6.08 Å². The van der Waals surface area contributed by atoms with E-state index in [1.807, 2.05) is 60.7 Å². The van der Waals surface area contributed by atoms with Gasteiger partial charge in [0.25, 0.3) is 0 Å². The van der Waals surface area contributed by atoms with E-state index in [1.165, 1.54) is 26.0 Å². The monoisotopic (exact) mass is 368 g/mol. The summed E-state index contributed by atoms with van der Waals surface area (Å²) in [7, 11) is 2.69. The Kier molecular flexibility index (Phi) is 5.78. The lowest BCUT2D eigenvalue weighted by Gasteiger charge is -2.33. The maximum Gasteiger partial charge on any atom is 0.320 e. The van der Waals surface area contributed by atoms with Gasteiger partial charge in [-0.1, -0.05) is 66.7 Å². The molecule has 0 fully saturated rings. The SMILES string of the molecule is COC(=O)C1SC(c2ccccc2)=CC(c2ccccc2)C1C(=O)OC. The van der Waals surface area contributed by atoms with Crippen molar-refractivity contribution in [1.82, 2.24) is 0 Å². The van der Waals surface area contributed by atoms with Crippen molar-refractivity contribution in [1.29, 1.82) is 0 Å². The normalized spacial score (nSPS) is 22.2. The van der Waals surface area contributed by atoms with Crippen molar-refractivity contribution in [3.05, 3.63) is 77.9 Å². The number of methoxy groups -OCH3 is 2. The molecule has 0 bridgehead atoms. The van der Waals surface area contributed by atoms with E-state index >= 15 is 0 Å². The predicted octanol–water partition coefficient (Wildman–Crippen LogP) is 3.89. The van der Waals surface area contributed by atoms with E-state index in [0.29, 0.717) is 0 Å². The highest BCUT2D eigenvalue weighted by atomic mass is 32.2. The molecule has 5 heteroatoms. The molecule has 26 heavy (non-hydrogen) atoms. The maximum atomic E-state index is 12.6. The summed E-state index contributed by atoms with van der Waals surface area (Å²) in [6.45, 7) is 0. The van der Waals surface area contributed by atoms with Gasteiger partial charge in [0.15, 0.2) is 0 Å². The van der Waals surface area contributed by atoms with E-state index in [9.17, 15) is 9.59 Å². The van der Waals surface area contributed by atoms with Crippen molar-refractivity contribution in [3.8, 4) is 0 Å². The summed E-state index contributed by atoms with van der Waals surface area (Å²) in [5.41, 5.74) is 1.97. The molecule has 2 aromatic carbocycles. The van der Waals surface area contributed by atoms with Gasteiger partial charge in [-0.05, 0) is 11.1 Å². The fourth-order valence-corrected chi connectivity index (χ4v) is 4.56. The molecule has 0 radical (unpaired) electrons. The zero-order valence-corrected chi connectivity index (χ0v) is 15.4. The number of thioether (sulfide) groups is 1. The highest BCUT2D eigenvalue weighted by Crippen LogP contribution is 2.47. The Morgan fingerprint density at radius 2 is 1.42 bits per heavy atom. The van der Waals surface area contributed by atoms with Crippen molar-refractivity contribution >= 4 is 28.6 Å². The van der Waals surface area contributed by atoms with Crippen LogP contribution in [0.2, 0.25) is 0 Å². The summed E-state index contributed by atoms with van der Waals surface area (Å²) in [4.78, 5) is 26.0. The highest BCUT2D eigenvalue weighted by molar-refractivity contribution is 8.09. The van der Waals surface area contributed by atoms with Gasteiger partial charge in [-0.25, -0.2) is 0 Å². The second-order valence-corrected chi connectivity index (χ2v) is 7.13. The van der Waals surface area contributed by atoms with Crippen LogP contribution in [-0.4, -0.2) is 31.4 Å². The van der Waals surface area contributed by atoms with Crippen molar-refractivity contribution in [3.63, 3.8) is 0 Å².